The zero-order chi connectivity index (χ0) is 16.1. The van der Waals surface area contributed by atoms with Gasteiger partial charge in [0.1, 0.15) is 19.0 Å². The molecule has 0 aliphatic heterocycles. The first-order valence-electron chi connectivity index (χ1n) is 6.88. The van der Waals surface area contributed by atoms with Crippen molar-refractivity contribution in [2.45, 2.75) is 52.3 Å². The van der Waals surface area contributed by atoms with E-state index in [0.717, 1.165) is 18.7 Å². The quantitative estimate of drug-likeness (QED) is 0.871. The van der Waals surface area contributed by atoms with Crippen LogP contribution in [0, 0.1) is 0 Å². The minimum absolute atomic E-state index is 0.218. The summed E-state index contributed by atoms with van der Waals surface area (Å²) in [5.41, 5.74) is 0.548. The van der Waals surface area contributed by atoms with Crippen LogP contribution >= 0.6 is 0 Å². The molecule has 0 saturated carbocycles. The summed E-state index contributed by atoms with van der Waals surface area (Å²) in [6, 6.07) is 1.82. The van der Waals surface area contributed by atoms with Crippen LogP contribution in [-0.2, 0) is 16.8 Å². The minimum atomic E-state index is -4.34. The Labute approximate surface area is 123 Å². The Bertz CT molecular complexity index is 456. The summed E-state index contributed by atoms with van der Waals surface area (Å²) in [7, 11) is 0. The van der Waals surface area contributed by atoms with E-state index in [9.17, 15) is 13.2 Å². The molecule has 0 spiro atoms. The van der Waals surface area contributed by atoms with Crippen LogP contribution in [0.1, 0.15) is 45.6 Å². The van der Waals surface area contributed by atoms with Gasteiger partial charge in [-0.2, -0.15) is 13.2 Å². The van der Waals surface area contributed by atoms with Crippen molar-refractivity contribution < 1.29 is 17.9 Å². The number of hydrogen-bond donors (Lipinski definition) is 1. The standard InChI is InChI=1S/C14H22F3N3O/c1-5-6-18-11-7-10(13(2,3)4)19-12(20-11)8-21-9-14(15,16)17/h7H,5-6,8-9H2,1-4H3,(H,18,19,20). The molecule has 0 aliphatic rings. The number of nitrogens with one attached hydrogen (secondary N) is 1. The molecule has 1 aromatic rings. The average Bonchev–Trinajstić information content (AvgIpc) is 2.33. The number of rotatable bonds is 6. The maximum atomic E-state index is 12.1. The lowest BCUT2D eigenvalue weighted by molar-refractivity contribution is -0.177. The van der Waals surface area contributed by atoms with E-state index in [4.69, 9.17) is 0 Å². The van der Waals surface area contributed by atoms with Crippen LogP contribution in [0.15, 0.2) is 6.07 Å². The Hall–Kier alpha value is -1.37. The molecule has 4 nitrogen and oxygen atoms in total. The fraction of sp³-hybridized carbons (Fsp3) is 0.714. The zero-order valence-electron chi connectivity index (χ0n) is 12.8. The molecule has 1 rings (SSSR count). The number of ether oxygens (including phenoxy) is 1. The predicted molar refractivity (Wildman–Crippen MR) is 75.2 cm³/mol. The van der Waals surface area contributed by atoms with Crippen LogP contribution in [0.3, 0.4) is 0 Å². The lowest BCUT2D eigenvalue weighted by Gasteiger charge is -2.20. The number of aromatic nitrogens is 2. The van der Waals surface area contributed by atoms with Crippen molar-refractivity contribution in [3.05, 3.63) is 17.6 Å². The maximum Gasteiger partial charge on any atom is 0.411 e. The molecule has 0 aliphatic carbocycles. The summed E-state index contributed by atoms with van der Waals surface area (Å²) in [6.45, 7) is 7.16. The van der Waals surface area contributed by atoms with E-state index < -0.39 is 12.8 Å². The Morgan fingerprint density at radius 3 is 2.38 bits per heavy atom. The first-order valence-corrected chi connectivity index (χ1v) is 6.88. The van der Waals surface area contributed by atoms with Crippen molar-refractivity contribution in [2.24, 2.45) is 0 Å². The van der Waals surface area contributed by atoms with E-state index in [1.807, 2.05) is 33.8 Å². The molecule has 0 amide bonds. The Kier molecular flexibility index (Phi) is 5.95. The van der Waals surface area contributed by atoms with Gasteiger partial charge in [0.15, 0.2) is 5.82 Å². The Morgan fingerprint density at radius 2 is 1.86 bits per heavy atom. The number of nitrogens with zero attached hydrogens (tertiary/aromatic N) is 2. The fourth-order valence-electron chi connectivity index (χ4n) is 1.55. The summed E-state index contributed by atoms with van der Waals surface area (Å²) in [6.07, 6.45) is -3.42. The molecule has 0 fully saturated rings. The highest BCUT2D eigenvalue weighted by molar-refractivity contribution is 5.37. The van der Waals surface area contributed by atoms with Gasteiger partial charge in [0.25, 0.3) is 0 Å². The van der Waals surface area contributed by atoms with Gasteiger partial charge in [0.2, 0.25) is 0 Å². The SMILES string of the molecule is CCCNc1cc(C(C)(C)C)nc(COCC(F)(F)F)n1. The fourth-order valence-corrected chi connectivity index (χ4v) is 1.55. The highest BCUT2D eigenvalue weighted by atomic mass is 19.4. The van der Waals surface area contributed by atoms with E-state index in [-0.39, 0.29) is 17.8 Å². The summed E-state index contributed by atoms with van der Waals surface area (Å²) in [4.78, 5) is 8.48. The lowest BCUT2D eigenvalue weighted by Crippen LogP contribution is -2.20. The topological polar surface area (TPSA) is 47.0 Å². The monoisotopic (exact) mass is 305 g/mol. The molecule has 0 bridgehead atoms. The molecule has 0 radical (unpaired) electrons. The van der Waals surface area contributed by atoms with Gasteiger partial charge < -0.3 is 10.1 Å². The number of halogens is 3. The Balaban J connectivity index is 2.86. The van der Waals surface area contributed by atoms with E-state index in [1.165, 1.54) is 0 Å². The summed E-state index contributed by atoms with van der Waals surface area (Å²) < 4.78 is 40.9. The second kappa shape index (κ2) is 7.06. The van der Waals surface area contributed by atoms with Gasteiger partial charge in [-0.05, 0) is 6.42 Å². The third-order valence-corrected chi connectivity index (χ3v) is 2.59. The van der Waals surface area contributed by atoms with Crippen LogP contribution in [0.4, 0.5) is 19.0 Å². The highest BCUT2D eigenvalue weighted by Gasteiger charge is 2.27. The van der Waals surface area contributed by atoms with Crippen molar-refractivity contribution in [3.63, 3.8) is 0 Å². The molecule has 7 heteroatoms. The second-order valence-electron chi connectivity index (χ2n) is 5.84. The molecule has 1 aromatic heterocycles. The lowest BCUT2D eigenvalue weighted by atomic mass is 9.92. The molecule has 0 unspecified atom stereocenters. The van der Waals surface area contributed by atoms with Gasteiger partial charge in [0.05, 0.1) is 5.69 Å². The third-order valence-electron chi connectivity index (χ3n) is 2.59. The number of alkyl halides is 3. The van der Waals surface area contributed by atoms with Gasteiger partial charge >= 0.3 is 6.18 Å². The van der Waals surface area contributed by atoms with E-state index in [2.05, 4.69) is 20.0 Å². The van der Waals surface area contributed by atoms with Crippen molar-refractivity contribution in [3.8, 4) is 0 Å². The predicted octanol–water partition coefficient (Wildman–Crippen LogP) is 3.67. The van der Waals surface area contributed by atoms with E-state index in [1.54, 1.807) is 0 Å². The van der Waals surface area contributed by atoms with Crippen molar-refractivity contribution in [2.75, 3.05) is 18.5 Å². The summed E-state index contributed by atoms with van der Waals surface area (Å²) in [5, 5.41) is 3.12. The van der Waals surface area contributed by atoms with Crippen LogP contribution in [0.5, 0.6) is 0 Å². The third kappa shape index (κ3) is 6.75. The molecule has 21 heavy (non-hydrogen) atoms. The molecular weight excluding hydrogens is 283 g/mol. The first-order chi connectivity index (χ1) is 9.62. The largest absolute Gasteiger partial charge is 0.411 e. The molecule has 0 saturated heterocycles. The molecule has 1 N–H and O–H groups in total. The minimum Gasteiger partial charge on any atom is -0.370 e. The summed E-state index contributed by atoms with van der Waals surface area (Å²) in [5.74, 6) is 0.868. The number of anilines is 1. The van der Waals surface area contributed by atoms with Crippen molar-refractivity contribution in [1.82, 2.24) is 9.97 Å². The van der Waals surface area contributed by atoms with Crippen LogP contribution in [0.25, 0.3) is 0 Å². The van der Waals surface area contributed by atoms with Crippen LogP contribution in [-0.4, -0.2) is 29.3 Å². The normalized spacial score (nSPS) is 12.5. The molecule has 0 atom stereocenters. The van der Waals surface area contributed by atoms with Crippen LogP contribution in [0.2, 0.25) is 0 Å². The Morgan fingerprint density at radius 1 is 1.19 bits per heavy atom. The van der Waals surface area contributed by atoms with Crippen LogP contribution < -0.4 is 5.32 Å². The molecule has 1 heterocycles. The van der Waals surface area contributed by atoms with E-state index >= 15 is 0 Å². The maximum absolute atomic E-state index is 12.1. The number of hydrogen-bond acceptors (Lipinski definition) is 4. The van der Waals surface area contributed by atoms with Gasteiger partial charge in [0, 0.05) is 18.0 Å². The van der Waals surface area contributed by atoms with Gasteiger partial charge in [-0.1, -0.05) is 27.7 Å². The van der Waals surface area contributed by atoms with Gasteiger partial charge in [-0.25, -0.2) is 9.97 Å². The zero-order valence-corrected chi connectivity index (χ0v) is 12.8. The smallest absolute Gasteiger partial charge is 0.370 e. The van der Waals surface area contributed by atoms with Crippen molar-refractivity contribution in [1.29, 1.82) is 0 Å². The van der Waals surface area contributed by atoms with E-state index in [0.29, 0.717) is 5.82 Å². The molecule has 120 valence electrons. The molecular formula is C14H22F3N3O. The summed E-state index contributed by atoms with van der Waals surface area (Å²) >= 11 is 0. The second-order valence-corrected chi connectivity index (χ2v) is 5.84. The van der Waals surface area contributed by atoms with Gasteiger partial charge in [-0.15, -0.1) is 0 Å². The molecule has 0 aromatic carbocycles. The van der Waals surface area contributed by atoms with Gasteiger partial charge in [-0.3, -0.25) is 0 Å². The highest BCUT2D eigenvalue weighted by Crippen LogP contribution is 2.23. The average molecular weight is 305 g/mol. The van der Waals surface area contributed by atoms with Crippen molar-refractivity contribution >= 4 is 5.82 Å². The first kappa shape index (κ1) is 17.7.